The van der Waals surface area contributed by atoms with E-state index in [4.69, 9.17) is 5.11 Å². The Balaban J connectivity index is 1.83. The van der Waals surface area contributed by atoms with Gasteiger partial charge in [0.05, 0.1) is 0 Å². The number of rotatable bonds is 4. The molecule has 2 fully saturated rings. The Kier molecular flexibility index (Phi) is 4.68. The van der Waals surface area contributed by atoms with Crippen LogP contribution in [-0.4, -0.2) is 45.7 Å². The number of hydrogen-bond acceptors (Lipinski definition) is 3. The summed E-state index contributed by atoms with van der Waals surface area (Å²) in [5, 5.41) is 18.8. The third-order valence-corrected chi connectivity index (χ3v) is 4.88. The quantitative estimate of drug-likeness (QED) is 0.822. The lowest BCUT2D eigenvalue weighted by atomic mass is 9.89. The molecule has 5 nitrogen and oxygen atoms in total. The van der Waals surface area contributed by atoms with Crippen LogP contribution < -0.4 is 0 Å². The zero-order valence-electron chi connectivity index (χ0n) is 12.2. The number of aliphatic carboxylic acids is 1. The third-order valence-electron chi connectivity index (χ3n) is 4.88. The van der Waals surface area contributed by atoms with Crippen LogP contribution in [0.5, 0.6) is 0 Å². The van der Waals surface area contributed by atoms with E-state index in [-0.39, 0.29) is 24.7 Å². The Labute approximate surface area is 120 Å². The highest BCUT2D eigenvalue weighted by Gasteiger charge is 2.41. The van der Waals surface area contributed by atoms with Gasteiger partial charge in [-0.3, -0.25) is 4.79 Å². The second-order valence-corrected chi connectivity index (χ2v) is 6.45. The third kappa shape index (κ3) is 3.32. The average Bonchev–Trinajstić information content (AvgIpc) is 2.91. The van der Waals surface area contributed by atoms with Crippen molar-refractivity contribution >= 4 is 11.9 Å². The minimum Gasteiger partial charge on any atom is -0.479 e. The molecule has 1 saturated carbocycles. The van der Waals surface area contributed by atoms with Gasteiger partial charge < -0.3 is 15.1 Å². The summed E-state index contributed by atoms with van der Waals surface area (Å²) in [6, 6.07) is 0. The fourth-order valence-electron chi connectivity index (χ4n) is 3.47. The summed E-state index contributed by atoms with van der Waals surface area (Å²) in [5.74, 6) is -0.378. The van der Waals surface area contributed by atoms with Gasteiger partial charge in [0.15, 0.2) is 5.60 Å². The molecule has 1 atom stereocenters. The van der Waals surface area contributed by atoms with Crippen LogP contribution in [0, 0.1) is 11.8 Å². The molecule has 114 valence electrons. The zero-order valence-corrected chi connectivity index (χ0v) is 12.2. The summed E-state index contributed by atoms with van der Waals surface area (Å²) in [7, 11) is 0. The molecule has 0 spiro atoms. The maximum Gasteiger partial charge on any atom is 0.335 e. The summed E-state index contributed by atoms with van der Waals surface area (Å²) in [6.45, 7) is 2.66. The smallest absolute Gasteiger partial charge is 0.335 e. The van der Waals surface area contributed by atoms with Crippen molar-refractivity contribution in [2.75, 3.05) is 13.1 Å². The lowest BCUT2D eigenvalue weighted by Gasteiger charge is -2.36. The van der Waals surface area contributed by atoms with E-state index in [0.29, 0.717) is 19.0 Å². The second-order valence-electron chi connectivity index (χ2n) is 6.45. The summed E-state index contributed by atoms with van der Waals surface area (Å²) in [5.41, 5.74) is -1.65. The van der Waals surface area contributed by atoms with E-state index >= 15 is 0 Å². The van der Waals surface area contributed by atoms with Crippen molar-refractivity contribution in [3.05, 3.63) is 0 Å². The topological polar surface area (TPSA) is 77.8 Å². The number of amides is 1. The maximum absolute atomic E-state index is 12.4. The van der Waals surface area contributed by atoms with Gasteiger partial charge in [-0.1, -0.05) is 32.6 Å². The van der Waals surface area contributed by atoms with Crippen LogP contribution in [0.4, 0.5) is 0 Å². The van der Waals surface area contributed by atoms with Crippen LogP contribution in [-0.2, 0) is 9.59 Å². The molecular formula is C15H25NO4. The van der Waals surface area contributed by atoms with E-state index in [2.05, 4.69) is 0 Å². The number of nitrogens with zero attached hydrogens (tertiary/aromatic N) is 1. The predicted molar refractivity (Wildman–Crippen MR) is 74.1 cm³/mol. The highest BCUT2D eigenvalue weighted by molar-refractivity contribution is 5.80. The number of carbonyl (C=O) groups excluding carboxylic acids is 1. The van der Waals surface area contributed by atoms with Crippen LogP contribution in [0.1, 0.15) is 51.9 Å². The van der Waals surface area contributed by atoms with Crippen LogP contribution in [0.25, 0.3) is 0 Å². The molecule has 1 aliphatic heterocycles. The molecule has 0 aromatic carbocycles. The Hall–Kier alpha value is -1.10. The molecule has 1 saturated heterocycles. The molecule has 0 aromatic rings. The standard InChI is InChI=1S/C15H25NO4/c1-11(10-12-4-2-3-5-12)13(17)16-8-6-15(20,7-9-16)14(18)19/h11-12,20H,2-10H2,1H3,(H,18,19). The van der Waals surface area contributed by atoms with Gasteiger partial charge in [-0.2, -0.15) is 0 Å². The molecule has 2 rings (SSSR count). The van der Waals surface area contributed by atoms with Crippen molar-refractivity contribution < 1.29 is 19.8 Å². The number of carboxylic acids is 1. The molecule has 2 N–H and O–H groups in total. The van der Waals surface area contributed by atoms with E-state index in [1.807, 2.05) is 6.92 Å². The summed E-state index contributed by atoms with van der Waals surface area (Å²) < 4.78 is 0. The summed E-state index contributed by atoms with van der Waals surface area (Å²) in [6.07, 6.45) is 6.22. The molecule has 2 aliphatic rings. The minimum atomic E-state index is -1.65. The van der Waals surface area contributed by atoms with Gasteiger partial charge in [0, 0.05) is 31.8 Å². The highest BCUT2D eigenvalue weighted by Crippen LogP contribution is 2.31. The predicted octanol–water partition coefficient (Wildman–Crippen LogP) is 1.64. The van der Waals surface area contributed by atoms with Crippen molar-refractivity contribution in [1.29, 1.82) is 0 Å². The molecule has 5 heteroatoms. The number of likely N-dealkylation sites (tertiary alicyclic amines) is 1. The van der Waals surface area contributed by atoms with Gasteiger partial charge in [0.2, 0.25) is 5.91 Å². The molecule has 1 unspecified atom stereocenters. The molecular weight excluding hydrogens is 258 g/mol. The monoisotopic (exact) mass is 283 g/mol. The van der Waals surface area contributed by atoms with Gasteiger partial charge in [-0.25, -0.2) is 4.79 Å². The normalized spacial score (nSPS) is 24.6. The first-order valence-electron chi connectivity index (χ1n) is 7.67. The molecule has 1 heterocycles. The number of hydrogen-bond donors (Lipinski definition) is 2. The molecule has 0 aromatic heterocycles. The summed E-state index contributed by atoms with van der Waals surface area (Å²) in [4.78, 5) is 25.0. The molecule has 1 amide bonds. The SMILES string of the molecule is CC(CC1CCCC1)C(=O)N1CCC(O)(C(=O)O)CC1. The van der Waals surface area contributed by atoms with Gasteiger partial charge in [0.1, 0.15) is 0 Å². The Bertz CT molecular complexity index is 368. The van der Waals surface area contributed by atoms with E-state index in [1.54, 1.807) is 4.90 Å². The molecule has 20 heavy (non-hydrogen) atoms. The first kappa shape index (κ1) is 15.3. The van der Waals surface area contributed by atoms with Gasteiger partial charge in [-0.15, -0.1) is 0 Å². The highest BCUT2D eigenvalue weighted by atomic mass is 16.4. The van der Waals surface area contributed by atoms with Crippen LogP contribution >= 0.6 is 0 Å². The Morgan fingerprint density at radius 3 is 2.30 bits per heavy atom. The van der Waals surface area contributed by atoms with Crippen molar-refractivity contribution in [2.24, 2.45) is 11.8 Å². The van der Waals surface area contributed by atoms with Crippen molar-refractivity contribution in [1.82, 2.24) is 4.90 Å². The van der Waals surface area contributed by atoms with Gasteiger partial charge in [0.25, 0.3) is 0 Å². The lowest BCUT2D eigenvalue weighted by Crippen LogP contribution is -2.51. The van der Waals surface area contributed by atoms with E-state index in [1.165, 1.54) is 25.7 Å². The van der Waals surface area contributed by atoms with Crippen molar-refractivity contribution in [3.63, 3.8) is 0 Å². The first-order valence-corrected chi connectivity index (χ1v) is 7.67. The van der Waals surface area contributed by atoms with Crippen molar-refractivity contribution in [3.8, 4) is 0 Å². The van der Waals surface area contributed by atoms with Crippen LogP contribution in [0.2, 0.25) is 0 Å². The van der Waals surface area contributed by atoms with E-state index in [9.17, 15) is 14.7 Å². The minimum absolute atomic E-state index is 0.00845. The largest absolute Gasteiger partial charge is 0.479 e. The zero-order chi connectivity index (χ0) is 14.8. The number of carbonyl (C=O) groups is 2. The molecule has 0 bridgehead atoms. The van der Waals surface area contributed by atoms with Crippen LogP contribution in [0.15, 0.2) is 0 Å². The van der Waals surface area contributed by atoms with E-state index < -0.39 is 11.6 Å². The lowest BCUT2D eigenvalue weighted by molar-refractivity contribution is -0.166. The fourth-order valence-corrected chi connectivity index (χ4v) is 3.47. The van der Waals surface area contributed by atoms with E-state index in [0.717, 1.165) is 6.42 Å². The Morgan fingerprint density at radius 2 is 1.80 bits per heavy atom. The first-order chi connectivity index (χ1) is 9.42. The number of carboxylic acid groups (broad SMARTS) is 1. The average molecular weight is 283 g/mol. The van der Waals surface area contributed by atoms with Crippen LogP contribution in [0.3, 0.4) is 0 Å². The molecule has 0 radical (unpaired) electrons. The summed E-state index contributed by atoms with van der Waals surface area (Å²) >= 11 is 0. The fraction of sp³-hybridized carbons (Fsp3) is 0.867. The second kappa shape index (κ2) is 6.12. The number of aliphatic hydroxyl groups is 1. The van der Waals surface area contributed by atoms with Gasteiger partial charge >= 0.3 is 5.97 Å². The molecule has 1 aliphatic carbocycles. The van der Waals surface area contributed by atoms with Crippen molar-refractivity contribution in [2.45, 2.75) is 57.5 Å². The number of piperidine rings is 1. The maximum atomic E-state index is 12.4. The van der Waals surface area contributed by atoms with Gasteiger partial charge in [-0.05, 0) is 12.3 Å². The Morgan fingerprint density at radius 1 is 1.25 bits per heavy atom.